The molecular weight excluding hydrogens is 308 g/mol. The van der Waals surface area contributed by atoms with Crippen LogP contribution >= 0.6 is 10.7 Å². The van der Waals surface area contributed by atoms with E-state index in [1.807, 2.05) is 0 Å². The Bertz CT molecular complexity index is 638. The molecule has 2 rings (SSSR count). The minimum Gasteiger partial charge on any atom is -0.486 e. The Morgan fingerprint density at radius 1 is 1.30 bits per heavy atom. The van der Waals surface area contributed by atoms with Gasteiger partial charge < -0.3 is 14.2 Å². The van der Waals surface area contributed by atoms with E-state index in [-0.39, 0.29) is 41.3 Å². The molecule has 1 heterocycles. The molecule has 0 fully saturated rings. The van der Waals surface area contributed by atoms with Crippen molar-refractivity contribution in [3.05, 3.63) is 17.7 Å². The Balaban J connectivity index is 2.56. The molecule has 0 aliphatic carbocycles. The van der Waals surface area contributed by atoms with Crippen LogP contribution in [0.4, 0.5) is 0 Å². The van der Waals surface area contributed by atoms with Crippen LogP contribution in [0.25, 0.3) is 0 Å². The zero-order valence-corrected chi connectivity index (χ0v) is 12.5. The van der Waals surface area contributed by atoms with Crippen LogP contribution in [0.1, 0.15) is 24.2 Å². The zero-order valence-electron chi connectivity index (χ0n) is 10.9. The highest BCUT2D eigenvalue weighted by molar-refractivity contribution is 8.13. The van der Waals surface area contributed by atoms with Crippen molar-refractivity contribution in [3.63, 3.8) is 0 Å². The van der Waals surface area contributed by atoms with Gasteiger partial charge >= 0.3 is 5.97 Å². The van der Waals surface area contributed by atoms with Crippen LogP contribution in [0.15, 0.2) is 17.0 Å². The molecule has 0 radical (unpaired) electrons. The summed E-state index contributed by atoms with van der Waals surface area (Å²) < 4.78 is 38.6. The van der Waals surface area contributed by atoms with Crippen molar-refractivity contribution in [3.8, 4) is 11.5 Å². The van der Waals surface area contributed by atoms with Gasteiger partial charge in [0.15, 0.2) is 11.5 Å². The highest BCUT2D eigenvalue weighted by Gasteiger charge is 2.26. The summed E-state index contributed by atoms with van der Waals surface area (Å²) in [6, 6.07) is 2.35. The van der Waals surface area contributed by atoms with Gasteiger partial charge in [-0.25, -0.2) is 13.2 Å². The SMILES string of the molecule is CC(C)OC(=O)c1cc(S(=O)(=O)Cl)cc2c1OCCO2. The van der Waals surface area contributed by atoms with E-state index in [0.29, 0.717) is 0 Å². The summed E-state index contributed by atoms with van der Waals surface area (Å²) in [4.78, 5) is 11.8. The molecule has 0 atom stereocenters. The van der Waals surface area contributed by atoms with Crippen LogP contribution in [0.5, 0.6) is 11.5 Å². The van der Waals surface area contributed by atoms with E-state index in [0.717, 1.165) is 6.07 Å². The average Bonchev–Trinajstić information content (AvgIpc) is 2.35. The summed E-state index contributed by atoms with van der Waals surface area (Å²) >= 11 is 0. The molecule has 0 saturated carbocycles. The number of esters is 1. The van der Waals surface area contributed by atoms with Gasteiger partial charge in [0, 0.05) is 16.7 Å². The van der Waals surface area contributed by atoms with Gasteiger partial charge in [-0.1, -0.05) is 0 Å². The molecule has 8 heteroatoms. The summed E-state index contributed by atoms with van der Waals surface area (Å²) in [6.45, 7) is 3.90. The van der Waals surface area contributed by atoms with Crippen molar-refractivity contribution in [1.29, 1.82) is 0 Å². The molecule has 1 aliphatic heterocycles. The highest BCUT2D eigenvalue weighted by atomic mass is 35.7. The summed E-state index contributed by atoms with van der Waals surface area (Å²) in [6.07, 6.45) is -0.348. The fourth-order valence-corrected chi connectivity index (χ4v) is 2.47. The Hall–Kier alpha value is -1.47. The zero-order chi connectivity index (χ0) is 14.9. The molecule has 0 bridgehead atoms. The van der Waals surface area contributed by atoms with Gasteiger partial charge in [0.2, 0.25) is 0 Å². The van der Waals surface area contributed by atoms with Crippen molar-refractivity contribution >= 4 is 25.7 Å². The number of halogens is 1. The maximum atomic E-state index is 12.0. The van der Waals surface area contributed by atoms with E-state index >= 15 is 0 Å². The maximum Gasteiger partial charge on any atom is 0.342 e. The number of carbonyl (C=O) groups is 1. The van der Waals surface area contributed by atoms with E-state index in [1.165, 1.54) is 6.07 Å². The van der Waals surface area contributed by atoms with Gasteiger partial charge in [0.1, 0.15) is 18.8 Å². The predicted molar refractivity (Wildman–Crippen MR) is 71.0 cm³/mol. The Morgan fingerprint density at radius 3 is 2.55 bits per heavy atom. The Labute approximate surface area is 121 Å². The molecule has 1 aromatic rings. The number of benzene rings is 1. The van der Waals surface area contributed by atoms with E-state index in [4.69, 9.17) is 24.9 Å². The summed E-state index contributed by atoms with van der Waals surface area (Å²) in [5, 5.41) is 0. The molecule has 0 spiro atoms. The highest BCUT2D eigenvalue weighted by Crippen LogP contribution is 2.37. The molecule has 0 saturated heterocycles. The molecule has 0 aromatic heterocycles. The lowest BCUT2D eigenvalue weighted by atomic mass is 10.1. The van der Waals surface area contributed by atoms with Crippen LogP contribution in [-0.2, 0) is 13.8 Å². The van der Waals surface area contributed by atoms with Gasteiger partial charge in [0.25, 0.3) is 9.05 Å². The van der Waals surface area contributed by atoms with Crippen molar-refractivity contribution < 1.29 is 27.4 Å². The Kier molecular flexibility index (Phi) is 4.10. The van der Waals surface area contributed by atoms with Crippen molar-refractivity contribution in [2.45, 2.75) is 24.8 Å². The topological polar surface area (TPSA) is 78.9 Å². The lowest BCUT2D eigenvalue weighted by molar-refractivity contribution is 0.0368. The number of fused-ring (bicyclic) bond motifs is 1. The number of ether oxygens (including phenoxy) is 3. The third-order valence-corrected chi connectivity index (χ3v) is 3.79. The van der Waals surface area contributed by atoms with Gasteiger partial charge in [-0.05, 0) is 19.9 Å². The summed E-state index contributed by atoms with van der Waals surface area (Å²) in [5.41, 5.74) is -0.0184. The predicted octanol–water partition coefficient (Wildman–Crippen LogP) is 1.95. The molecule has 20 heavy (non-hydrogen) atoms. The minimum atomic E-state index is -3.99. The quantitative estimate of drug-likeness (QED) is 0.625. The van der Waals surface area contributed by atoms with E-state index in [9.17, 15) is 13.2 Å². The van der Waals surface area contributed by atoms with Crippen LogP contribution in [-0.4, -0.2) is 33.7 Å². The third kappa shape index (κ3) is 3.16. The molecule has 110 valence electrons. The molecule has 0 N–H and O–H groups in total. The molecule has 1 aliphatic rings. The fraction of sp³-hybridized carbons (Fsp3) is 0.417. The second kappa shape index (κ2) is 5.49. The first-order chi connectivity index (χ1) is 9.29. The lowest BCUT2D eigenvalue weighted by Crippen LogP contribution is -2.20. The maximum absolute atomic E-state index is 12.0. The standard InChI is InChI=1S/C12H13ClO6S/c1-7(2)19-12(14)9-5-8(20(13,15)16)6-10-11(9)18-4-3-17-10/h5-7H,3-4H2,1-2H3. The lowest BCUT2D eigenvalue weighted by Gasteiger charge is -2.21. The van der Waals surface area contributed by atoms with Crippen molar-refractivity contribution in [2.24, 2.45) is 0 Å². The van der Waals surface area contributed by atoms with Crippen molar-refractivity contribution in [2.75, 3.05) is 13.2 Å². The van der Waals surface area contributed by atoms with E-state index in [1.54, 1.807) is 13.8 Å². The molecule has 0 amide bonds. The smallest absolute Gasteiger partial charge is 0.342 e. The summed E-state index contributed by atoms with van der Waals surface area (Å²) in [5.74, 6) is -0.358. The molecule has 6 nitrogen and oxygen atoms in total. The Morgan fingerprint density at radius 2 is 1.95 bits per heavy atom. The fourth-order valence-electron chi connectivity index (χ4n) is 1.70. The van der Waals surface area contributed by atoms with Crippen LogP contribution in [0.3, 0.4) is 0 Å². The van der Waals surface area contributed by atoms with Crippen LogP contribution in [0.2, 0.25) is 0 Å². The molecule has 0 unspecified atom stereocenters. The van der Waals surface area contributed by atoms with Gasteiger partial charge in [-0.3, -0.25) is 0 Å². The number of carbonyl (C=O) groups excluding carboxylic acids is 1. The second-order valence-electron chi connectivity index (χ2n) is 4.39. The minimum absolute atomic E-state index is 0.0184. The summed E-state index contributed by atoms with van der Waals surface area (Å²) in [7, 11) is 1.32. The monoisotopic (exact) mass is 320 g/mol. The van der Waals surface area contributed by atoms with Gasteiger partial charge in [-0.15, -0.1) is 0 Å². The van der Waals surface area contributed by atoms with Crippen LogP contribution in [0, 0.1) is 0 Å². The number of hydrogen-bond donors (Lipinski definition) is 0. The van der Waals surface area contributed by atoms with Gasteiger partial charge in [0.05, 0.1) is 11.0 Å². The number of hydrogen-bond acceptors (Lipinski definition) is 6. The van der Waals surface area contributed by atoms with Crippen molar-refractivity contribution in [1.82, 2.24) is 0 Å². The average molecular weight is 321 g/mol. The molecule has 1 aromatic carbocycles. The first-order valence-corrected chi connectivity index (χ1v) is 8.19. The normalized spacial score (nSPS) is 14.2. The van der Waals surface area contributed by atoms with E-state index in [2.05, 4.69) is 0 Å². The number of rotatable bonds is 3. The first-order valence-electron chi connectivity index (χ1n) is 5.88. The largest absolute Gasteiger partial charge is 0.486 e. The molecular formula is C12H13ClO6S. The van der Waals surface area contributed by atoms with Crippen LogP contribution < -0.4 is 9.47 Å². The van der Waals surface area contributed by atoms with Gasteiger partial charge in [-0.2, -0.15) is 0 Å². The first kappa shape index (κ1) is 14.9. The van der Waals surface area contributed by atoms with E-state index < -0.39 is 15.0 Å². The third-order valence-electron chi connectivity index (χ3n) is 2.46. The second-order valence-corrected chi connectivity index (χ2v) is 6.95.